The average Bonchev–Trinajstić information content (AvgIpc) is 3.07. The molecule has 1 atom stereocenters. The molecule has 1 aliphatic heterocycles. The zero-order chi connectivity index (χ0) is 14.5. The Bertz CT molecular complexity index is 474. The van der Waals surface area contributed by atoms with Crippen molar-refractivity contribution in [1.82, 2.24) is 19.6 Å². The Balaban J connectivity index is 1.42. The van der Waals surface area contributed by atoms with Gasteiger partial charge in [-0.15, -0.1) is 0 Å². The molecule has 21 heavy (non-hydrogen) atoms. The number of hydrogen-bond donors (Lipinski definition) is 0. The molecule has 1 aliphatic carbocycles. The lowest BCUT2D eigenvalue weighted by molar-refractivity contribution is -0.137. The summed E-state index contributed by atoms with van der Waals surface area (Å²) in [6.45, 7) is 5.64. The summed E-state index contributed by atoms with van der Waals surface area (Å²) in [6, 6.07) is 1.95. The lowest BCUT2D eigenvalue weighted by Gasteiger charge is -2.36. The number of hydrogen-bond acceptors (Lipinski definition) is 3. The van der Waals surface area contributed by atoms with Gasteiger partial charge in [0.05, 0.1) is 6.54 Å². The van der Waals surface area contributed by atoms with Gasteiger partial charge in [-0.25, -0.2) is 0 Å². The molecular weight excluding hydrogens is 264 g/mol. The van der Waals surface area contributed by atoms with Gasteiger partial charge in [0.1, 0.15) is 0 Å². The van der Waals surface area contributed by atoms with Crippen LogP contribution in [0.4, 0.5) is 0 Å². The zero-order valence-electron chi connectivity index (χ0n) is 12.5. The lowest BCUT2D eigenvalue weighted by Crippen LogP contribution is -2.50. The summed E-state index contributed by atoms with van der Waals surface area (Å²) in [6.07, 6.45) is 11.2. The van der Waals surface area contributed by atoms with Gasteiger partial charge in [-0.2, -0.15) is 5.10 Å². The molecule has 1 aromatic heterocycles. The highest BCUT2D eigenvalue weighted by molar-refractivity contribution is 5.79. The summed E-state index contributed by atoms with van der Waals surface area (Å²) < 4.78 is 1.96. The van der Waals surface area contributed by atoms with Gasteiger partial charge in [0.2, 0.25) is 5.91 Å². The molecule has 0 saturated carbocycles. The summed E-state index contributed by atoms with van der Waals surface area (Å²) in [4.78, 5) is 17.0. The zero-order valence-corrected chi connectivity index (χ0v) is 12.5. The van der Waals surface area contributed by atoms with Gasteiger partial charge >= 0.3 is 0 Å². The van der Waals surface area contributed by atoms with E-state index in [-0.39, 0.29) is 5.92 Å². The molecule has 0 N–H and O–H groups in total. The van der Waals surface area contributed by atoms with Crippen LogP contribution >= 0.6 is 0 Å². The molecule has 1 saturated heterocycles. The predicted molar refractivity (Wildman–Crippen MR) is 81.7 cm³/mol. The predicted octanol–water partition coefficient (Wildman–Crippen LogP) is 1.38. The SMILES string of the molecule is O=C(C1CC=CCC1)N1CCN(CCn2cccn2)CC1. The summed E-state index contributed by atoms with van der Waals surface area (Å²) >= 11 is 0. The van der Waals surface area contributed by atoms with Crippen LogP contribution in [0.3, 0.4) is 0 Å². The number of allylic oxidation sites excluding steroid dienone is 2. The van der Waals surface area contributed by atoms with E-state index in [4.69, 9.17) is 0 Å². The van der Waals surface area contributed by atoms with Crippen molar-refractivity contribution in [3.8, 4) is 0 Å². The van der Waals surface area contributed by atoms with E-state index >= 15 is 0 Å². The number of amides is 1. The van der Waals surface area contributed by atoms with Crippen LogP contribution in [0.2, 0.25) is 0 Å². The first-order valence-corrected chi connectivity index (χ1v) is 7.96. The molecule has 0 bridgehead atoms. The third-order valence-corrected chi connectivity index (χ3v) is 4.51. The minimum Gasteiger partial charge on any atom is -0.340 e. The maximum atomic E-state index is 12.5. The van der Waals surface area contributed by atoms with Gasteiger partial charge in [-0.3, -0.25) is 14.4 Å². The van der Waals surface area contributed by atoms with Gasteiger partial charge in [-0.1, -0.05) is 12.2 Å². The minimum absolute atomic E-state index is 0.227. The van der Waals surface area contributed by atoms with Crippen molar-refractivity contribution >= 4 is 5.91 Å². The normalized spacial score (nSPS) is 23.4. The Morgan fingerprint density at radius 2 is 2.00 bits per heavy atom. The van der Waals surface area contributed by atoms with Crippen LogP contribution in [0.15, 0.2) is 30.6 Å². The highest BCUT2D eigenvalue weighted by Crippen LogP contribution is 2.21. The number of aromatic nitrogens is 2. The van der Waals surface area contributed by atoms with E-state index in [9.17, 15) is 4.79 Å². The minimum atomic E-state index is 0.227. The first-order valence-electron chi connectivity index (χ1n) is 7.96. The highest BCUT2D eigenvalue weighted by Gasteiger charge is 2.27. The molecule has 0 radical (unpaired) electrons. The molecule has 3 rings (SSSR count). The second-order valence-electron chi connectivity index (χ2n) is 5.92. The third-order valence-electron chi connectivity index (χ3n) is 4.51. The topological polar surface area (TPSA) is 41.4 Å². The van der Waals surface area contributed by atoms with E-state index in [1.807, 2.05) is 23.1 Å². The Hall–Kier alpha value is -1.62. The van der Waals surface area contributed by atoms with E-state index in [1.54, 1.807) is 0 Å². The maximum absolute atomic E-state index is 12.5. The molecule has 1 unspecified atom stereocenters. The van der Waals surface area contributed by atoms with Crippen LogP contribution in [0.1, 0.15) is 19.3 Å². The Morgan fingerprint density at radius 3 is 2.67 bits per heavy atom. The van der Waals surface area contributed by atoms with Crippen molar-refractivity contribution in [1.29, 1.82) is 0 Å². The number of carbonyl (C=O) groups is 1. The van der Waals surface area contributed by atoms with Crippen molar-refractivity contribution in [2.45, 2.75) is 25.8 Å². The molecular formula is C16H24N4O. The molecule has 2 aliphatic rings. The monoisotopic (exact) mass is 288 g/mol. The van der Waals surface area contributed by atoms with E-state index in [1.165, 1.54) is 0 Å². The molecule has 5 nitrogen and oxygen atoms in total. The van der Waals surface area contributed by atoms with Crippen LogP contribution in [0, 0.1) is 5.92 Å². The van der Waals surface area contributed by atoms with E-state index in [0.29, 0.717) is 5.91 Å². The van der Waals surface area contributed by atoms with Gasteiger partial charge in [0.25, 0.3) is 0 Å². The van der Waals surface area contributed by atoms with Crippen LogP contribution in [0.5, 0.6) is 0 Å². The maximum Gasteiger partial charge on any atom is 0.226 e. The second kappa shape index (κ2) is 6.89. The van der Waals surface area contributed by atoms with Crippen LogP contribution in [0.25, 0.3) is 0 Å². The van der Waals surface area contributed by atoms with Crippen molar-refractivity contribution in [3.05, 3.63) is 30.6 Å². The lowest BCUT2D eigenvalue weighted by atomic mass is 9.93. The molecule has 1 amide bonds. The standard InChI is InChI=1S/C16H24N4O/c21-16(15-5-2-1-3-6-15)19-12-9-18(10-13-19)11-14-20-8-4-7-17-20/h1-2,4,7-8,15H,3,5-6,9-14H2. The first-order chi connectivity index (χ1) is 10.3. The molecule has 114 valence electrons. The third kappa shape index (κ3) is 3.73. The summed E-state index contributed by atoms with van der Waals surface area (Å²) in [5, 5.41) is 4.22. The quantitative estimate of drug-likeness (QED) is 0.786. The molecule has 1 fully saturated rings. The summed E-state index contributed by atoms with van der Waals surface area (Å²) in [5.41, 5.74) is 0. The van der Waals surface area contributed by atoms with Gasteiger partial charge in [0, 0.05) is 51.0 Å². The average molecular weight is 288 g/mol. The van der Waals surface area contributed by atoms with Crippen molar-refractivity contribution in [3.63, 3.8) is 0 Å². The van der Waals surface area contributed by atoms with Crippen LogP contribution in [-0.2, 0) is 11.3 Å². The van der Waals surface area contributed by atoms with Gasteiger partial charge in [0.15, 0.2) is 0 Å². The van der Waals surface area contributed by atoms with Crippen molar-refractivity contribution in [2.75, 3.05) is 32.7 Å². The van der Waals surface area contributed by atoms with E-state index < -0.39 is 0 Å². The fraction of sp³-hybridized carbons (Fsp3) is 0.625. The molecule has 5 heteroatoms. The van der Waals surface area contributed by atoms with Gasteiger partial charge < -0.3 is 4.90 Å². The fourth-order valence-corrected chi connectivity index (χ4v) is 3.14. The molecule has 0 spiro atoms. The van der Waals surface area contributed by atoms with Crippen molar-refractivity contribution < 1.29 is 4.79 Å². The number of rotatable bonds is 4. The number of piperazine rings is 1. The van der Waals surface area contributed by atoms with Gasteiger partial charge in [-0.05, 0) is 25.3 Å². The van der Waals surface area contributed by atoms with E-state index in [0.717, 1.165) is 58.5 Å². The molecule has 0 aromatic carbocycles. The van der Waals surface area contributed by atoms with E-state index in [2.05, 4.69) is 27.1 Å². The second-order valence-corrected chi connectivity index (χ2v) is 5.92. The fourth-order valence-electron chi connectivity index (χ4n) is 3.14. The summed E-state index contributed by atoms with van der Waals surface area (Å²) in [7, 11) is 0. The Labute approximate surface area is 126 Å². The largest absolute Gasteiger partial charge is 0.340 e. The van der Waals surface area contributed by atoms with Crippen LogP contribution < -0.4 is 0 Å². The molecule has 1 aromatic rings. The smallest absolute Gasteiger partial charge is 0.226 e. The molecule has 2 heterocycles. The van der Waals surface area contributed by atoms with Crippen molar-refractivity contribution in [2.24, 2.45) is 5.92 Å². The number of carbonyl (C=O) groups excluding carboxylic acids is 1. The highest BCUT2D eigenvalue weighted by atomic mass is 16.2. The number of nitrogens with zero attached hydrogens (tertiary/aromatic N) is 4. The first kappa shape index (κ1) is 14.3. The van der Waals surface area contributed by atoms with Crippen LogP contribution in [-0.4, -0.2) is 58.2 Å². The Morgan fingerprint density at radius 1 is 1.14 bits per heavy atom. The summed E-state index contributed by atoms with van der Waals surface area (Å²) in [5.74, 6) is 0.594. The Kier molecular flexibility index (Phi) is 4.70.